The fourth-order valence-corrected chi connectivity index (χ4v) is 2.62. The van der Waals surface area contributed by atoms with Crippen molar-refractivity contribution in [2.24, 2.45) is 5.41 Å². The second-order valence-electron chi connectivity index (χ2n) is 6.28. The van der Waals surface area contributed by atoms with E-state index in [0.29, 0.717) is 11.0 Å². The van der Waals surface area contributed by atoms with Gasteiger partial charge in [-0.2, -0.15) is 0 Å². The summed E-state index contributed by atoms with van der Waals surface area (Å²) in [5.41, 5.74) is 0.895. The molecule has 1 aliphatic carbocycles. The van der Waals surface area contributed by atoms with Crippen LogP contribution in [0.5, 0.6) is 0 Å². The number of rotatable bonds is 4. The molecule has 1 N–H and O–H groups in total. The van der Waals surface area contributed by atoms with Crippen LogP contribution in [0.1, 0.15) is 55.5 Å². The zero-order valence-electron chi connectivity index (χ0n) is 12.0. The van der Waals surface area contributed by atoms with Gasteiger partial charge in [0.1, 0.15) is 5.82 Å². The summed E-state index contributed by atoms with van der Waals surface area (Å²) in [6.45, 7) is 4.74. The summed E-state index contributed by atoms with van der Waals surface area (Å²) in [6.07, 6.45) is 4.40. The molecule has 0 heterocycles. The summed E-state index contributed by atoms with van der Waals surface area (Å²) < 4.78 is 18.9. The lowest BCUT2D eigenvalue weighted by Crippen LogP contribution is -2.26. The summed E-state index contributed by atoms with van der Waals surface area (Å²) in [6, 6.07) is 3.81. The van der Waals surface area contributed by atoms with Crippen molar-refractivity contribution in [1.82, 2.24) is 0 Å². The normalized spacial score (nSPS) is 18.9. The van der Waals surface area contributed by atoms with Gasteiger partial charge in [0.25, 0.3) is 0 Å². The van der Waals surface area contributed by atoms with E-state index in [4.69, 9.17) is 9.84 Å². The summed E-state index contributed by atoms with van der Waals surface area (Å²) in [5.74, 6) is -1.65. The van der Waals surface area contributed by atoms with Crippen LogP contribution in [0.4, 0.5) is 4.39 Å². The Balaban J connectivity index is 1.96. The van der Waals surface area contributed by atoms with Crippen LogP contribution in [0, 0.1) is 11.2 Å². The van der Waals surface area contributed by atoms with Crippen molar-refractivity contribution >= 4 is 5.97 Å². The number of carboxylic acids is 1. The van der Waals surface area contributed by atoms with E-state index in [1.54, 1.807) is 0 Å². The maximum Gasteiger partial charge on any atom is 0.336 e. The van der Waals surface area contributed by atoms with Gasteiger partial charge in [-0.25, -0.2) is 9.18 Å². The highest BCUT2D eigenvalue weighted by Crippen LogP contribution is 2.36. The molecule has 0 saturated heterocycles. The lowest BCUT2D eigenvalue weighted by molar-refractivity contribution is -0.00599. The highest BCUT2D eigenvalue weighted by molar-refractivity contribution is 5.89. The molecule has 1 aromatic rings. The first-order chi connectivity index (χ1) is 9.37. The molecule has 1 aromatic carbocycles. The van der Waals surface area contributed by atoms with Gasteiger partial charge in [-0.1, -0.05) is 19.9 Å². The van der Waals surface area contributed by atoms with Crippen molar-refractivity contribution in [3.05, 3.63) is 35.1 Å². The number of ether oxygens (including phenoxy) is 1. The van der Waals surface area contributed by atoms with Gasteiger partial charge in [-0.15, -0.1) is 0 Å². The van der Waals surface area contributed by atoms with E-state index in [9.17, 15) is 9.18 Å². The minimum atomic E-state index is -1.12. The van der Waals surface area contributed by atoms with E-state index in [-0.39, 0.29) is 18.3 Å². The first kappa shape index (κ1) is 15.0. The lowest BCUT2D eigenvalue weighted by atomic mass is 9.76. The number of hydrogen-bond acceptors (Lipinski definition) is 2. The molecular formula is C16H21FO3. The third-order valence-corrected chi connectivity index (χ3v) is 4.06. The molecule has 0 spiro atoms. The predicted molar refractivity (Wildman–Crippen MR) is 74.2 cm³/mol. The molecule has 4 heteroatoms. The minimum absolute atomic E-state index is 0.0128. The van der Waals surface area contributed by atoms with Crippen LogP contribution >= 0.6 is 0 Å². The maximum absolute atomic E-state index is 13.1. The van der Waals surface area contributed by atoms with E-state index in [1.807, 2.05) is 0 Å². The maximum atomic E-state index is 13.1. The predicted octanol–water partition coefficient (Wildman–Crippen LogP) is 4.01. The molecule has 0 aromatic heterocycles. The van der Waals surface area contributed by atoms with Gasteiger partial charge in [0.15, 0.2) is 0 Å². The fourth-order valence-electron chi connectivity index (χ4n) is 2.62. The number of carboxylic acid groups (broad SMARTS) is 1. The Bertz CT molecular complexity index is 486. The average molecular weight is 280 g/mol. The molecule has 1 aliphatic rings. The highest BCUT2D eigenvalue weighted by Gasteiger charge is 2.27. The van der Waals surface area contributed by atoms with Gasteiger partial charge in [0.2, 0.25) is 0 Å². The molecule has 3 nitrogen and oxygen atoms in total. The molecule has 0 bridgehead atoms. The first-order valence-electron chi connectivity index (χ1n) is 7.01. The third-order valence-electron chi connectivity index (χ3n) is 4.06. The molecule has 0 unspecified atom stereocenters. The highest BCUT2D eigenvalue weighted by atomic mass is 19.1. The Kier molecular flexibility index (Phi) is 4.43. The van der Waals surface area contributed by atoms with Gasteiger partial charge >= 0.3 is 5.97 Å². The average Bonchev–Trinajstić information content (AvgIpc) is 2.38. The van der Waals surface area contributed by atoms with Crippen LogP contribution in [0.25, 0.3) is 0 Å². The number of benzene rings is 1. The van der Waals surface area contributed by atoms with Gasteiger partial charge in [-0.3, -0.25) is 0 Å². The molecule has 0 amide bonds. The van der Waals surface area contributed by atoms with Crippen LogP contribution in [-0.4, -0.2) is 17.2 Å². The van der Waals surface area contributed by atoms with E-state index >= 15 is 0 Å². The molecule has 1 fully saturated rings. The quantitative estimate of drug-likeness (QED) is 0.906. The van der Waals surface area contributed by atoms with Crippen LogP contribution in [-0.2, 0) is 11.3 Å². The Labute approximate surface area is 118 Å². The summed E-state index contributed by atoms with van der Waals surface area (Å²) in [7, 11) is 0. The second kappa shape index (κ2) is 5.92. The summed E-state index contributed by atoms with van der Waals surface area (Å²) in [5, 5.41) is 9.07. The van der Waals surface area contributed by atoms with E-state index < -0.39 is 11.8 Å². The molecule has 1 saturated carbocycles. The van der Waals surface area contributed by atoms with Crippen molar-refractivity contribution in [2.75, 3.05) is 0 Å². The first-order valence-corrected chi connectivity index (χ1v) is 7.01. The van der Waals surface area contributed by atoms with Gasteiger partial charge < -0.3 is 9.84 Å². The minimum Gasteiger partial charge on any atom is -0.478 e. The molecular weight excluding hydrogens is 259 g/mol. The van der Waals surface area contributed by atoms with Crippen LogP contribution < -0.4 is 0 Å². The van der Waals surface area contributed by atoms with Crippen molar-refractivity contribution in [1.29, 1.82) is 0 Å². The Morgan fingerprint density at radius 2 is 2.05 bits per heavy atom. The fraction of sp³-hybridized carbons (Fsp3) is 0.562. The van der Waals surface area contributed by atoms with Crippen LogP contribution in [0.2, 0.25) is 0 Å². The smallest absolute Gasteiger partial charge is 0.336 e. The van der Waals surface area contributed by atoms with E-state index in [2.05, 4.69) is 13.8 Å². The SMILES string of the molecule is CC1(C)CCC(OCc2ccc(F)cc2C(=O)O)CC1. The lowest BCUT2D eigenvalue weighted by Gasteiger charge is -2.34. The molecule has 0 aliphatic heterocycles. The third kappa shape index (κ3) is 3.79. The largest absolute Gasteiger partial charge is 0.478 e. The van der Waals surface area contributed by atoms with Crippen LogP contribution in [0.15, 0.2) is 18.2 Å². The summed E-state index contributed by atoms with van der Waals surface area (Å²) >= 11 is 0. The van der Waals surface area contributed by atoms with Gasteiger partial charge in [-0.05, 0) is 48.8 Å². The topological polar surface area (TPSA) is 46.5 Å². The second-order valence-corrected chi connectivity index (χ2v) is 6.28. The van der Waals surface area contributed by atoms with Crippen LogP contribution in [0.3, 0.4) is 0 Å². The van der Waals surface area contributed by atoms with Crippen molar-refractivity contribution in [3.8, 4) is 0 Å². The monoisotopic (exact) mass is 280 g/mol. The number of halogens is 1. The summed E-state index contributed by atoms with van der Waals surface area (Å²) in [4.78, 5) is 11.1. The standard InChI is InChI=1S/C16H21FO3/c1-16(2)7-5-13(6-8-16)20-10-11-3-4-12(17)9-14(11)15(18)19/h3-4,9,13H,5-8,10H2,1-2H3,(H,18,19). The molecule has 110 valence electrons. The van der Waals surface area contributed by atoms with Crippen molar-refractivity contribution in [3.63, 3.8) is 0 Å². The van der Waals surface area contributed by atoms with E-state index in [1.165, 1.54) is 12.1 Å². The van der Waals surface area contributed by atoms with E-state index in [0.717, 1.165) is 31.7 Å². The molecule has 0 atom stereocenters. The zero-order valence-corrected chi connectivity index (χ0v) is 12.0. The van der Waals surface area contributed by atoms with Gasteiger partial charge in [0.05, 0.1) is 18.3 Å². The number of carbonyl (C=O) groups is 1. The van der Waals surface area contributed by atoms with Crippen molar-refractivity contribution < 1.29 is 19.0 Å². The van der Waals surface area contributed by atoms with Gasteiger partial charge in [0, 0.05) is 0 Å². The Hall–Kier alpha value is -1.42. The molecule has 0 radical (unpaired) electrons. The Morgan fingerprint density at radius 1 is 1.40 bits per heavy atom. The zero-order chi connectivity index (χ0) is 14.8. The number of aromatic carboxylic acids is 1. The van der Waals surface area contributed by atoms with Crippen molar-refractivity contribution in [2.45, 2.75) is 52.2 Å². The molecule has 20 heavy (non-hydrogen) atoms. The molecule has 2 rings (SSSR count). The Morgan fingerprint density at radius 3 is 2.65 bits per heavy atom. The number of hydrogen-bond donors (Lipinski definition) is 1.